The van der Waals surface area contributed by atoms with Gasteiger partial charge in [-0.3, -0.25) is 9.36 Å². The number of unbranched alkanes of at least 4 members (excludes halogenated alkanes) is 13. The molecule has 0 aliphatic heterocycles. The molecule has 0 saturated carbocycles. The van der Waals surface area contributed by atoms with Crippen LogP contribution in [0.5, 0.6) is 0 Å². The standard InChI is InChI=1S/C49H86NO7P/c1-6-8-10-12-14-16-18-19-20-21-22-23-24-25-26-27-28-29-30-31-32-33-35-37-39-41-44-54-46-48(47-56-58(52,53)55-45-43-50(3,4)5)57-49(51)42-40-38-36-34-17-15-13-11-9-7-2/h8,10,14,16,19-20,22-23,25-26,28-29,31-32,48H,6-7,9,11-13,15,17-18,21,24,27,30,33-47H2,1-5H3/b10-8-,16-14-,20-19-,23-22-,26-25-,29-28-,32-31-. The fourth-order valence-electron chi connectivity index (χ4n) is 5.70. The second-order valence-electron chi connectivity index (χ2n) is 16.0. The molecule has 0 aliphatic rings. The summed E-state index contributed by atoms with van der Waals surface area (Å²) in [6.07, 6.45) is 54.6. The van der Waals surface area contributed by atoms with E-state index in [1.165, 1.54) is 44.9 Å². The predicted octanol–water partition coefficient (Wildman–Crippen LogP) is 13.0. The number of likely N-dealkylation sites (N-methyl/N-ethyl adjacent to an activating group) is 1. The first-order valence-corrected chi connectivity index (χ1v) is 24.3. The minimum atomic E-state index is -4.53. The summed E-state index contributed by atoms with van der Waals surface area (Å²) in [6.45, 7) is 5.20. The van der Waals surface area contributed by atoms with E-state index in [0.717, 1.165) is 96.3 Å². The van der Waals surface area contributed by atoms with E-state index in [0.29, 0.717) is 24.1 Å². The zero-order valence-corrected chi connectivity index (χ0v) is 38.6. The van der Waals surface area contributed by atoms with Crippen LogP contribution in [0.2, 0.25) is 0 Å². The van der Waals surface area contributed by atoms with Gasteiger partial charge in [-0.25, -0.2) is 0 Å². The van der Waals surface area contributed by atoms with Gasteiger partial charge in [0.15, 0.2) is 0 Å². The average molecular weight is 832 g/mol. The quantitative estimate of drug-likeness (QED) is 0.0199. The second kappa shape index (κ2) is 41.4. The number of allylic oxidation sites excluding steroid dienone is 14. The SMILES string of the molecule is CC/C=C\C/C=C\C/C=C\C/C=C\C/C=C\C/C=C\C/C=C\CCCCCCOCC(COP(=O)([O-])OCC[N+](C)(C)C)OC(=O)CCCCCCCCCCCC. The number of ether oxygens (including phenoxy) is 2. The third-order valence-corrected chi connectivity index (χ3v) is 10.2. The number of carbonyl (C=O) groups excluding carboxylic acids is 1. The smallest absolute Gasteiger partial charge is 0.306 e. The van der Waals surface area contributed by atoms with Crippen molar-refractivity contribution in [2.75, 3.05) is 54.1 Å². The van der Waals surface area contributed by atoms with Gasteiger partial charge in [0.1, 0.15) is 19.3 Å². The van der Waals surface area contributed by atoms with Crippen molar-refractivity contribution in [3.8, 4) is 0 Å². The van der Waals surface area contributed by atoms with Crippen LogP contribution in [0.1, 0.15) is 162 Å². The molecule has 0 aliphatic carbocycles. The second-order valence-corrected chi connectivity index (χ2v) is 17.4. The van der Waals surface area contributed by atoms with E-state index in [-0.39, 0.29) is 25.8 Å². The number of quaternary nitrogens is 1. The zero-order chi connectivity index (χ0) is 42.7. The summed E-state index contributed by atoms with van der Waals surface area (Å²) in [5, 5.41) is 0. The number of nitrogens with zero attached hydrogens (tertiary/aromatic N) is 1. The van der Waals surface area contributed by atoms with Crippen LogP contribution in [0.3, 0.4) is 0 Å². The molecule has 334 valence electrons. The highest BCUT2D eigenvalue weighted by Gasteiger charge is 2.20. The van der Waals surface area contributed by atoms with Crippen LogP contribution in [0.4, 0.5) is 0 Å². The Labute approximate surface area is 356 Å². The van der Waals surface area contributed by atoms with Gasteiger partial charge in [0, 0.05) is 13.0 Å². The van der Waals surface area contributed by atoms with Gasteiger partial charge < -0.3 is 27.9 Å². The maximum Gasteiger partial charge on any atom is 0.306 e. The van der Waals surface area contributed by atoms with E-state index >= 15 is 0 Å². The van der Waals surface area contributed by atoms with Crippen molar-refractivity contribution >= 4 is 13.8 Å². The van der Waals surface area contributed by atoms with Crippen LogP contribution >= 0.6 is 7.82 Å². The third-order valence-electron chi connectivity index (χ3n) is 9.21. The molecule has 0 fully saturated rings. The number of hydrogen-bond acceptors (Lipinski definition) is 7. The van der Waals surface area contributed by atoms with Crippen LogP contribution in [0, 0.1) is 0 Å². The summed E-state index contributed by atoms with van der Waals surface area (Å²) >= 11 is 0. The molecule has 58 heavy (non-hydrogen) atoms. The highest BCUT2D eigenvalue weighted by Crippen LogP contribution is 2.38. The first-order valence-electron chi connectivity index (χ1n) is 22.8. The Balaban J connectivity index is 4.21. The molecule has 2 atom stereocenters. The van der Waals surface area contributed by atoms with Gasteiger partial charge in [0.25, 0.3) is 7.82 Å². The molecule has 0 rings (SSSR count). The molecular weight excluding hydrogens is 746 g/mol. The summed E-state index contributed by atoms with van der Waals surface area (Å²) in [7, 11) is 1.33. The molecule has 0 N–H and O–H groups in total. The van der Waals surface area contributed by atoms with Crippen molar-refractivity contribution in [3.05, 3.63) is 85.1 Å². The molecule has 9 heteroatoms. The van der Waals surface area contributed by atoms with Gasteiger partial charge in [-0.2, -0.15) is 0 Å². The van der Waals surface area contributed by atoms with E-state index in [9.17, 15) is 14.3 Å². The summed E-state index contributed by atoms with van der Waals surface area (Å²) in [4.78, 5) is 25.0. The van der Waals surface area contributed by atoms with E-state index in [1.54, 1.807) is 0 Å². The first kappa shape index (κ1) is 55.7. The van der Waals surface area contributed by atoms with Gasteiger partial charge in [-0.05, 0) is 70.6 Å². The van der Waals surface area contributed by atoms with E-state index < -0.39 is 13.9 Å². The Kier molecular flexibility index (Phi) is 39.8. The molecule has 0 spiro atoms. The number of phosphoric ester groups is 1. The summed E-state index contributed by atoms with van der Waals surface area (Å²) < 4.78 is 34.5. The Morgan fingerprint density at radius 2 is 1.00 bits per heavy atom. The number of carbonyl (C=O) groups is 1. The monoisotopic (exact) mass is 832 g/mol. The van der Waals surface area contributed by atoms with Crippen LogP contribution in [0.25, 0.3) is 0 Å². The van der Waals surface area contributed by atoms with E-state index in [2.05, 4.69) is 98.9 Å². The Morgan fingerprint density at radius 3 is 1.50 bits per heavy atom. The zero-order valence-electron chi connectivity index (χ0n) is 37.7. The van der Waals surface area contributed by atoms with Crippen molar-refractivity contribution in [2.24, 2.45) is 0 Å². The third kappa shape index (κ3) is 44.8. The van der Waals surface area contributed by atoms with Crippen LogP contribution in [-0.4, -0.2) is 70.7 Å². The number of rotatable bonds is 41. The van der Waals surface area contributed by atoms with Gasteiger partial charge in [0.2, 0.25) is 0 Å². The highest BCUT2D eigenvalue weighted by atomic mass is 31.2. The Morgan fingerprint density at radius 1 is 0.552 bits per heavy atom. The molecule has 0 radical (unpaired) electrons. The van der Waals surface area contributed by atoms with Crippen molar-refractivity contribution in [1.82, 2.24) is 0 Å². The minimum Gasteiger partial charge on any atom is -0.756 e. The van der Waals surface area contributed by atoms with E-state index in [4.69, 9.17) is 18.5 Å². The molecule has 0 aromatic rings. The fraction of sp³-hybridized carbons (Fsp3) is 0.694. The Bertz CT molecular complexity index is 1200. The molecular formula is C49H86NO7P. The maximum atomic E-state index is 12.6. The molecule has 0 heterocycles. The number of phosphoric acid groups is 1. The van der Waals surface area contributed by atoms with Gasteiger partial charge in [0.05, 0.1) is 34.4 Å². The molecule has 0 aromatic carbocycles. The molecule has 8 nitrogen and oxygen atoms in total. The summed E-state index contributed by atoms with van der Waals surface area (Å²) in [6, 6.07) is 0. The van der Waals surface area contributed by atoms with Gasteiger partial charge in [-0.15, -0.1) is 0 Å². The summed E-state index contributed by atoms with van der Waals surface area (Å²) in [5.41, 5.74) is 0. The molecule has 0 aromatic heterocycles. The average Bonchev–Trinajstić information content (AvgIpc) is 3.18. The molecule has 2 unspecified atom stereocenters. The van der Waals surface area contributed by atoms with Gasteiger partial charge >= 0.3 is 5.97 Å². The summed E-state index contributed by atoms with van der Waals surface area (Å²) in [5.74, 6) is -0.350. The maximum absolute atomic E-state index is 12.6. The topological polar surface area (TPSA) is 94.1 Å². The van der Waals surface area contributed by atoms with Crippen molar-refractivity contribution < 1.29 is 37.3 Å². The predicted molar refractivity (Wildman–Crippen MR) is 245 cm³/mol. The Hall–Kier alpha value is -2.32. The van der Waals surface area contributed by atoms with E-state index in [1.807, 2.05) is 21.1 Å². The van der Waals surface area contributed by atoms with Gasteiger partial charge in [-0.1, -0.05) is 170 Å². The van der Waals surface area contributed by atoms with Crippen molar-refractivity contribution in [1.29, 1.82) is 0 Å². The first-order chi connectivity index (χ1) is 28.1. The minimum absolute atomic E-state index is 0.0171. The fourth-order valence-corrected chi connectivity index (χ4v) is 6.43. The lowest BCUT2D eigenvalue weighted by Crippen LogP contribution is -2.37. The lowest BCUT2D eigenvalue weighted by molar-refractivity contribution is -0.870. The van der Waals surface area contributed by atoms with Crippen molar-refractivity contribution in [3.63, 3.8) is 0 Å². The van der Waals surface area contributed by atoms with Crippen LogP contribution in [-0.2, 0) is 27.9 Å². The number of esters is 1. The molecule has 0 saturated heterocycles. The highest BCUT2D eigenvalue weighted by molar-refractivity contribution is 7.45. The number of hydrogen-bond donors (Lipinski definition) is 0. The normalized spacial score (nSPS) is 14.5. The lowest BCUT2D eigenvalue weighted by Gasteiger charge is -2.28. The van der Waals surface area contributed by atoms with Crippen LogP contribution < -0.4 is 4.89 Å². The van der Waals surface area contributed by atoms with Crippen molar-refractivity contribution in [2.45, 2.75) is 168 Å². The van der Waals surface area contributed by atoms with Crippen LogP contribution in [0.15, 0.2) is 85.1 Å². The molecule has 0 amide bonds. The lowest BCUT2D eigenvalue weighted by atomic mass is 10.1. The largest absolute Gasteiger partial charge is 0.756 e. The molecule has 0 bridgehead atoms.